The standard InChI is InChI=1S/C14H8ClN3O5/c1-7-2-13(19)22-11-4-12(10(15)3-9(7)11)23-14-16-5-8(6-17-14)18(20)21/h2-6H,1H3. The highest BCUT2D eigenvalue weighted by Gasteiger charge is 2.12. The quantitative estimate of drug-likeness (QED) is 0.411. The van der Waals surface area contributed by atoms with Crippen molar-refractivity contribution in [1.82, 2.24) is 9.97 Å². The molecule has 0 saturated heterocycles. The molecular weight excluding hydrogens is 326 g/mol. The molecule has 3 rings (SSSR count). The fraction of sp³-hybridized carbons (Fsp3) is 0.0714. The summed E-state index contributed by atoms with van der Waals surface area (Å²) in [5.74, 6) is 0.168. The molecule has 0 amide bonds. The van der Waals surface area contributed by atoms with Crippen molar-refractivity contribution in [2.24, 2.45) is 0 Å². The summed E-state index contributed by atoms with van der Waals surface area (Å²) in [6.07, 6.45) is 2.03. The van der Waals surface area contributed by atoms with Crippen molar-refractivity contribution in [3.63, 3.8) is 0 Å². The second-order valence-electron chi connectivity index (χ2n) is 4.61. The van der Waals surface area contributed by atoms with Gasteiger partial charge in [0.05, 0.1) is 9.95 Å². The van der Waals surface area contributed by atoms with Gasteiger partial charge in [-0.2, -0.15) is 9.97 Å². The van der Waals surface area contributed by atoms with Crippen LogP contribution in [0.4, 0.5) is 5.69 Å². The Balaban J connectivity index is 2.01. The summed E-state index contributed by atoms with van der Waals surface area (Å²) in [7, 11) is 0. The van der Waals surface area contributed by atoms with E-state index in [0.717, 1.165) is 18.0 Å². The molecule has 8 nitrogen and oxygen atoms in total. The molecule has 2 aromatic heterocycles. The molecule has 0 aliphatic carbocycles. The molecule has 0 radical (unpaired) electrons. The molecule has 0 fully saturated rings. The maximum absolute atomic E-state index is 11.4. The third kappa shape index (κ3) is 2.97. The average Bonchev–Trinajstić information content (AvgIpc) is 2.49. The number of nitro groups is 1. The minimum atomic E-state index is -0.621. The van der Waals surface area contributed by atoms with Gasteiger partial charge < -0.3 is 9.15 Å². The highest BCUT2D eigenvalue weighted by molar-refractivity contribution is 6.32. The zero-order chi connectivity index (χ0) is 16.6. The number of benzene rings is 1. The fourth-order valence-electron chi connectivity index (χ4n) is 1.95. The monoisotopic (exact) mass is 333 g/mol. The molecule has 3 aromatic rings. The molecule has 9 heteroatoms. The Morgan fingerprint density at radius 3 is 2.61 bits per heavy atom. The molecule has 0 bridgehead atoms. The molecule has 23 heavy (non-hydrogen) atoms. The van der Waals surface area contributed by atoms with Crippen LogP contribution in [-0.4, -0.2) is 14.9 Å². The predicted octanol–water partition coefficient (Wildman–Crippen LogP) is 3.25. The number of hydrogen-bond donors (Lipinski definition) is 0. The largest absolute Gasteiger partial charge is 0.423 e. The Morgan fingerprint density at radius 2 is 1.96 bits per heavy atom. The minimum Gasteiger partial charge on any atom is -0.423 e. The van der Waals surface area contributed by atoms with Crippen molar-refractivity contribution >= 4 is 28.3 Å². The maximum Gasteiger partial charge on any atom is 0.336 e. The summed E-state index contributed by atoms with van der Waals surface area (Å²) in [6.45, 7) is 1.76. The molecular formula is C14H8ClN3O5. The van der Waals surface area contributed by atoms with E-state index in [2.05, 4.69) is 9.97 Å². The first-order valence-electron chi connectivity index (χ1n) is 6.32. The highest BCUT2D eigenvalue weighted by atomic mass is 35.5. The fourth-order valence-corrected chi connectivity index (χ4v) is 2.15. The van der Waals surface area contributed by atoms with Crippen molar-refractivity contribution in [1.29, 1.82) is 0 Å². The van der Waals surface area contributed by atoms with Crippen molar-refractivity contribution in [3.05, 3.63) is 61.7 Å². The van der Waals surface area contributed by atoms with E-state index >= 15 is 0 Å². The van der Waals surface area contributed by atoms with E-state index in [9.17, 15) is 14.9 Å². The van der Waals surface area contributed by atoms with Gasteiger partial charge in [0.2, 0.25) is 0 Å². The van der Waals surface area contributed by atoms with Gasteiger partial charge in [0.15, 0.2) is 5.75 Å². The van der Waals surface area contributed by atoms with E-state index in [0.29, 0.717) is 11.0 Å². The van der Waals surface area contributed by atoms with Gasteiger partial charge in [0, 0.05) is 17.5 Å². The Bertz CT molecular complexity index is 969. The molecule has 2 heterocycles. The van der Waals surface area contributed by atoms with E-state index in [1.807, 2.05) is 0 Å². The molecule has 0 spiro atoms. The Hall–Kier alpha value is -3.00. The van der Waals surface area contributed by atoms with Crippen LogP contribution < -0.4 is 10.4 Å². The van der Waals surface area contributed by atoms with Crippen LogP contribution in [0.15, 0.2) is 39.8 Å². The lowest BCUT2D eigenvalue weighted by molar-refractivity contribution is -0.385. The Morgan fingerprint density at radius 1 is 1.26 bits per heavy atom. The van der Waals surface area contributed by atoms with Crippen LogP contribution in [0.3, 0.4) is 0 Å². The van der Waals surface area contributed by atoms with Crippen LogP contribution in [0.5, 0.6) is 11.8 Å². The van der Waals surface area contributed by atoms with Gasteiger partial charge >= 0.3 is 17.3 Å². The SMILES string of the molecule is Cc1cc(=O)oc2cc(Oc3ncc([N+](=O)[O-])cn3)c(Cl)cc12. The summed E-state index contributed by atoms with van der Waals surface area (Å²) in [6, 6.07) is 4.28. The van der Waals surface area contributed by atoms with E-state index in [1.54, 1.807) is 13.0 Å². The van der Waals surface area contributed by atoms with Gasteiger partial charge in [-0.3, -0.25) is 10.1 Å². The topological polar surface area (TPSA) is 108 Å². The predicted molar refractivity (Wildman–Crippen MR) is 81.0 cm³/mol. The maximum atomic E-state index is 11.4. The van der Waals surface area contributed by atoms with Crippen LogP contribution in [-0.2, 0) is 0 Å². The van der Waals surface area contributed by atoms with Crippen LogP contribution in [0, 0.1) is 17.0 Å². The molecule has 116 valence electrons. The zero-order valence-corrected chi connectivity index (χ0v) is 12.4. The van der Waals surface area contributed by atoms with Crippen molar-refractivity contribution in [3.8, 4) is 11.8 Å². The van der Waals surface area contributed by atoms with Crippen LogP contribution in [0.25, 0.3) is 11.0 Å². The Labute approximate surface area is 133 Å². The molecule has 0 aliphatic rings. The number of aromatic nitrogens is 2. The lowest BCUT2D eigenvalue weighted by Crippen LogP contribution is -1.99. The number of ether oxygens (including phenoxy) is 1. The number of halogens is 1. The number of rotatable bonds is 3. The third-order valence-corrected chi connectivity index (χ3v) is 3.33. The number of nitrogens with zero attached hydrogens (tertiary/aromatic N) is 3. The number of hydrogen-bond acceptors (Lipinski definition) is 7. The number of aryl methyl sites for hydroxylation is 1. The second kappa shape index (κ2) is 5.65. The van der Waals surface area contributed by atoms with Crippen LogP contribution in [0.1, 0.15) is 5.56 Å². The van der Waals surface area contributed by atoms with Crippen molar-refractivity contribution < 1.29 is 14.1 Å². The highest BCUT2D eigenvalue weighted by Crippen LogP contribution is 2.33. The van der Waals surface area contributed by atoms with E-state index < -0.39 is 10.5 Å². The van der Waals surface area contributed by atoms with Gasteiger partial charge in [-0.1, -0.05) is 11.6 Å². The first-order chi connectivity index (χ1) is 10.9. The summed E-state index contributed by atoms with van der Waals surface area (Å²) in [5, 5.41) is 11.5. The first-order valence-corrected chi connectivity index (χ1v) is 6.70. The smallest absolute Gasteiger partial charge is 0.336 e. The third-order valence-electron chi connectivity index (χ3n) is 3.03. The molecule has 0 saturated carbocycles. The van der Waals surface area contributed by atoms with Gasteiger partial charge in [0.25, 0.3) is 0 Å². The summed E-state index contributed by atoms with van der Waals surface area (Å²) < 4.78 is 10.5. The van der Waals surface area contributed by atoms with E-state index in [1.165, 1.54) is 12.1 Å². The van der Waals surface area contributed by atoms with Crippen LogP contribution in [0.2, 0.25) is 5.02 Å². The lowest BCUT2D eigenvalue weighted by Gasteiger charge is -2.07. The molecule has 0 atom stereocenters. The van der Waals surface area contributed by atoms with Gasteiger partial charge in [-0.15, -0.1) is 0 Å². The molecule has 0 unspecified atom stereocenters. The van der Waals surface area contributed by atoms with Crippen molar-refractivity contribution in [2.75, 3.05) is 0 Å². The lowest BCUT2D eigenvalue weighted by atomic mass is 10.1. The van der Waals surface area contributed by atoms with Gasteiger partial charge in [-0.25, -0.2) is 4.79 Å². The van der Waals surface area contributed by atoms with Crippen LogP contribution >= 0.6 is 11.6 Å². The van der Waals surface area contributed by atoms with Crippen molar-refractivity contribution in [2.45, 2.75) is 6.92 Å². The summed E-state index contributed by atoms with van der Waals surface area (Å²) >= 11 is 6.14. The summed E-state index contributed by atoms with van der Waals surface area (Å²) in [5.41, 5.74) is 0.269. The summed E-state index contributed by atoms with van der Waals surface area (Å²) in [4.78, 5) is 28.8. The normalized spacial score (nSPS) is 10.7. The zero-order valence-electron chi connectivity index (χ0n) is 11.6. The average molecular weight is 334 g/mol. The second-order valence-corrected chi connectivity index (χ2v) is 5.02. The van der Waals surface area contributed by atoms with E-state index in [-0.39, 0.29) is 22.5 Å². The minimum absolute atomic E-state index is 0.119. The molecule has 0 N–H and O–H groups in total. The first kappa shape index (κ1) is 14.9. The van der Waals surface area contributed by atoms with Gasteiger partial charge in [0.1, 0.15) is 18.0 Å². The number of fused-ring (bicyclic) bond motifs is 1. The van der Waals surface area contributed by atoms with Gasteiger partial charge in [-0.05, 0) is 18.6 Å². The van der Waals surface area contributed by atoms with E-state index in [4.69, 9.17) is 20.8 Å². The molecule has 1 aromatic carbocycles. The molecule has 0 aliphatic heterocycles. The Kier molecular flexibility index (Phi) is 3.67.